The van der Waals surface area contributed by atoms with Gasteiger partial charge in [0, 0.05) is 25.7 Å². The maximum Gasteiger partial charge on any atom is 0.472 e. The predicted molar refractivity (Wildman–Crippen MR) is 344 cm³/mol. The lowest BCUT2D eigenvalue weighted by molar-refractivity contribution is -0.161. The largest absolute Gasteiger partial charge is 0.472 e. The third-order valence-corrected chi connectivity index (χ3v) is 17.9. The van der Waals surface area contributed by atoms with Crippen molar-refractivity contribution in [3.8, 4) is 0 Å². The van der Waals surface area contributed by atoms with E-state index in [0.29, 0.717) is 31.6 Å². The third kappa shape index (κ3) is 58.4. The van der Waals surface area contributed by atoms with Crippen LogP contribution in [0.5, 0.6) is 0 Å². The van der Waals surface area contributed by atoms with Crippen LogP contribution >= 0.6 is 15.6 Å². The molecule has 0 spiro atoms. The molecule has 7 atom stereocenters. The molecule has 0 saturated heterocycles. The van der Waals surface area contributed by atoms with Gasteiger partial charge in [-0.2, -0.15) is 0 Å². The molecule has 0 aromatic carbocycles. The predicted octanol–water partition coefficient (Wildman–Crippen LogP) is 18.5. The number of phosphoric acid groups is 2. The van der Waals surface area contributed by atoms with E-state index in [4.69, 9.17) is 37.0 Å². The van der Waals surface area contributed by atoms with E-state index in [0.717, 1.165) is 120 Å². The monoisotopic (exact) mass is 1270 g/mol. The average molecular weight is 1270 g/mol. The van der Waals surface area contributed by atoms with Crippen LogP contribution in [0.15, 0.2) is 0 Å². The van der Waals surface area contributed by atoms with Gasteiger partial charge in [0.2, 0.25) is 0 Å². The molecule has 0 saturated carbocycles. The zero-order valence-corrected chi connectivity index (χ0v) is 57.7. The molecule has 0 aromatic heterocycles. The Kier molecular flexibility index (Phi) is 55.7. The molecule has 4 unspecified atom stereocenters. The van der Waals surface area contributed by atoms with Gasteiger partial charge in [0.25, 0.3) is 0 Å². The lowest BCUT2D eigenvalue weighted by Gasteiger charge is -2.21. The Morgan fingerprint density at radius 1 is 0.326 bits per heavy atom. The standard InChI is InChI=1S/C67H130O17P2/c1-9-59(7)45-37-29-22-25-32-40-48-65(70)78-53-62(83-66(71)49-41-33-20-18-16-14-12-11-13-15-17-19-27-35-43-57(3)4)55-81-85(73,74)79-51-61(68)52-80-86(75,76)82-56-63(54-77-64(69)47-39-31-24-21-28-36-44-58(5)6)84-67(72)50-42-34-26-23-30-38-46-60(8)10-2/h57-63,68H,9-56H2,1-8H3,(H,73,74)(H,75,76)/t59?,60?,61-,62-,63-/m1/s1. The fourth-order valence-electron chi connectivity index (χ4n) is 9.89. The van der Waals surface area contributed by atoms with Gasteiger partial charge in [-0.1, -0.05) is 274 Å². The highest BCUT2D eigenvalue weighted by Gasteiger charge is 2.30. The zero-order valence-electron chi connectivity index (χ0n) is 55.9. The summed E-state index contributed by atoms with van der Waals surface area (Å²) in [6.45, 7) is 14.0. The van der Waals surface area contributed by atoms with Crippen LogP contribution in [0, 0.1) is 23.7 Å². The maximum absolute atomic E-state index is 13.0. The molecular formula is C67H130O17P2. The van der Waals surface area contributed by atoms with Crippen LogP contribution in [0.25, 0.3) is 0 Å². The first kappa shape index (κ1) is 84.1. The number of hydrogen-bond acceptors (Lipinski definition) is 15. The van der Waals surface area contributed by atoms with Crippen LogP contribution in [0.1, 0.15) is 325 Å². The number of rotatable bonds is 64. The van der Waals surface area contributed by atoms with Gasteiger partial charge in [-0.15, -0.1) is 0 Å². The van der Waals surface area contributed by atoms with Crippen LogP contribution in [0.4, 0.5) is 0 Å². The van der Waals surface area contributed by atoms with E-state index in [1.807, 2.05) is 0 Å². The number of unbranched alkanes of at least 4 members (excludes halogenated alkanes) is 28. The SMILES string of the molecule is CCC(C)CCCCCCCCC(=O)OC[C@H](COP(=O)(O)OC[C@@H](O)COP(=O)(O)OC[C@@H](COC(=O)CCCCCCCCC(C)C)OC(=O)CCCCCCCCC(C)CC)OC(=O)CCCCCCCCCCCCCCCCC(C)C. The summed E-state index contributed by atoms with van der Waals surface area (Å²) in [4.78, 5) is 72.3. The number of ether oxygens (including phenoxy) is 4. The molecule has 0 aliphatic carbocycles. The molecule has 0 fully saturated rings. The summed E-state index contributed by atoms with van der Waals surface area (Å²) in [5.41, 5.74) is 0. The van der Waals surface area contributed by atoms with E-state index >= 15 is 0 Å². The van der Waals surface area contributed by atoms with Gasteiger partial charge in [-0.05, 0) is 49.4 Å². The molecule has 0 aliphatic rings. The van der Waals surface area contributed by atoms with Crippen LogP contribution in [-0.4, -0.2) is 96.7 Å². The van der Waals surface area contributed by atoms with Gasteiger partial charge in [0.1, 0.15) is 19.3 Å². The van der Waals surface area contributed by atoms with Gasteiger partial charge >= 0.3 is 39.5 Å². The van der Waals surface area contributed by atoms with Crippen molar-refractivity contribution in [3.05, 3.63) is 0 Å². The van der Waals surface area contributed by atoms with E-state index in [-0.39, 0.29) is 25.7 Å². The van der Waals surface area contributed by atoms with Gasteiger partial charge in [-0.25, -0.2) is 9.13 Å². The third-order valence-electron chi connectivity index (χ3n) is 16.0. The first-order valence-corrected chi connectivity index (χ1v) is 37.8. The highest BCUT2D eigenvalue weighted by atomic mass is 31.2. The molecule has 0 aromatic rings. The molecule has 0 bridgehead atoms. The van der Waals surface area contributed by atoms with Crippen molar-refractivity contribution in [2.24, 2.45) is 23.7 Å². The minimum atomic E-state index is -4.95. The summed E-state index contributed by atoms with van der Waals surface area (Å²) in [5, 5.41) is 10.6. The number of aliphatic hydroxyl groups is 1. The van der Waals surface area contributed by atoms with Gasteiger partial charge < -0.3 is 33.8 Å². The van der Waals surface area contributed by atoms with E-state index < -0.39 is 97.5 Å². The molecule has 510 valence electrons. The van der Waals surface area contributed by atoms with Gasteiger partial charge in [0.05, 0.1) is 26.4 Å². The molecule has 0 amide bonds. The molecule has 3 N–H and O–H groups in total. The Morgan fingerprint density at radius 3 is 0.826 bits per heavy atom. The summed E-state index contributed by atoms with van der Waals surface area (Å²) in [6, 6.07) is 0. The molecule has 0 radical (unpaired) electrons. The number of esters is 4. The van der Waals surface area contributed by atoms with E-state index in [9.17, 15) is 43.2 Å². The van der Waals surface area contributed by atoms with Crippen LogP contribution in [0.2, 0.25) is 0 Å². The minimum Gasteiger partial charge on any atom is -0.462 e. The smallest absolute Gasteiger partial charge is 0.462 e. The summed E-state index contributed by atoms with van der Waals surface area (Å²) in [5.74, 6) is 0.786. The second-order valence-electron chi connectivity index (χ2n) is 25.6. The number of hydrogen-bond donors (Lipinski definition) is 3. The van der Waals surface area contributed by atoms with Crippen molar-refractivity contribution >= 4 is 39.5 Å². The number of phosphoric ester groups is 2. The lowest BCUT2D eigenvalue weighted by Crippen LogP contribution is -2.30. The van der Waals surface area contributed by atoms with Gasteiger partial charge in [-0.3, -0.25) is 37.3 Å². The van der Waals surface area contributed by atoms with Crippen molar-refractivity contribution in [2.45, 2.75) is 343 Å². The molecule has 0 heterocycles. The first-order valence-electron chi connectivity index (χ1n) is 34.8. The Balaban J connectivity index is 5.22. The summed E-state index contributed by atoms with van der Waals surface area (Å²) in [6.07, 6.45) is 37.8. The van der Waals surface area contributed by atoms with Crippen molar-refractivity contribution in [3.63, 3.8) is 0 Å². The van der Waals surface area contributed by atoms with Crippen molar-refractivity contribution in [1.29, 1.82) is 0 Å². The molecule has 17 nitrogen and oxygen atoms in total. The second kappa shape index (κ2) is 57.0. The Morgan fingerprint density at radius 2 is 0.558 bits per heavy atom. The quantitative estimate of drug-likeness (QED) is 0.0222. The topological polar surface area (TPSA) is 237 Å². The van der Waals surface area contributed by atoms with Crippen LogP contribution in [-0.2, 0) is 65.4 Å². The summed E-state index contributed by atoms with van der Waals surface area (Å²) < 4.78 is 68.1. The maximum atomic E-state index is 13.0. The van der Waals surface area contributed by atoms with Crippen LogP contribution in [0.3, 0.4) is 0 Å². The highest BCUT2D eigenvalue weighted by Crippen LogP contribution is 2.45. The Labute approximate surface area is 524 Å². The summed E-state index contributed by atoms with van der Waals surface area (Å²) >= 11 is 0. The van der Waals surface area contributed by atoms with Crippen LogP contribution < -0.4 is 0 Å². The van der Waals surface area contributed by atoms with Crippen molar-refractivity contribution in [2.75, 3.05) is 39.6 Å². The number of carbonyl (C=O) groups excluding carboxylic acids is 4. The molecule has 0 aliphatic heterocycles. The average Bonchev–Trinajstić information content (AvgIpc) is 3.67. The highest BCUT2D eigenvalue weighted by molar-refractivity contribution is 7.47. The fourth-order valence-corrected chi connectivity index (χ4v) is 11.5. The van der Waals surface area contributed by atoms with Crippen molar-refractivity contribution in [1.82, 2.24) is 0 Å². The van der Waals surface area contributed by atoms with Crippen molar-refractivity contribution < 1.29 is 80.2 Å². The molecule has 19 heteroatoms. The molecule has 86 heavy (non-hydrogen) atoms. The molecule has 0 rings (SSSR count). The Bertz CT molecular complexity index is 1720. The normalized spacial score (nSPS) is 15.0. The number of carbonyl (C=O) groups is 4. The minimum absolute atomic E-state index is 0.101. The fraction of sp³-hybridized carbons (Fsp3) is 0.940. The zero-order chi connectivity index (χ0) is 63.9. The van der Waals surface area contributed by atoms with E-state index in [2.05, 4.69) is 55.4 Å². The molecular weight excluding hydrogens is 1140 g/mol. The van der Waals surface area contributed by atoms with E-state index in [1.54, 1.807) is 0 Å². The summed E-state index contributed by atoms with van der Waals surface area (Å²) in [7, 11) is -9.89. The second-order valence-corrected chi connectivity index (χ2v) is 28.6. The Hall–Kier alpha value is -1.94. The first-order chi connectivity index (χ1) is 41.2. The lowest BCUT2D eigenvalue weighted by atomic mass is 10.00. The van der Waals surface area contributed by atoms with Gasteiger partial charge in [0.15, 0.2) is 12.2 Å². The van der Waals surface area contributed by atoms with E-state index in [1.165, 1.54) is 116 Å². The number of aliphatic hydroxyl groups excluding tert-OH is 1.